The summed E-state index contributed by atoms with van der Waals surface area (Å²) in [4.78, 5) is 10.9. The maximum Gasteiger partial charge on any atom is 0.219 e. The van der Waals surface area contributed by atoms with Gasteiger partial charge < -0.3 is 16.4 Å². The van der Waals surface area contributed by atoms with Crippen LogP contribution in [0.15, 0.2) is 0 Å². The molecule has 0 unspecified atom stereocenters. The van der Waals surface area contributed by atoms with Gasteiger partial charge in [0.1, 0.15) is 0 Å². The molecule has 0 radical (unpaired) electrons. The summed E-state index contributed by atoms with van der Waals surface area (Å²) in [7, 11) is 0. The monoisotopic (exact) mass is 243 g/mol. The summed E-state index contributed by atoms with van der Waals surface area (Å²) in [6, 6.07) is 0. The highest BCUT2D eigenvalue weighted by molar-refractivity contribution is 5.75. The fraction of sp³-hybridized carbons (Fsp3) is 0.923. The standard InChI is InChI=1S/C13H29N3O/c1-2-13(17)16-12-8-4-7-11-15-10-6-3-5-9-14/h15H,2-12,14H2,1H3,(H,16,17). The van der Waals surface area contributed by atoms with Crippen molar-refractivity contribution in [1.82, 2.24) is 10.6 Å². The summed E-state index contributed by atoms with van der Waals surface area (Å²) in [5.41, 5.74) is 5.42. The Bertz CT molecular complexity index is 174. The van der Waals surface area contributed by atoms with Gasteiger partial charge in [-0.2, -0.15) is 0 Å². The molecule has 0 spiro atoms. The number of rotatable bonds is 12. The van der Waals surface area contributed by atoms with Crippen molar-refractivity contribution in [2.45, 2.75) is 51.9 Å². The molecule has 0 aliphatic heterocycles. The normalized spacial score (nSPS) is 10.5. The molecule has 0 aliphatic carbocycles. The van der Waals surface area contributed by atoms with Gasteiger partial charge in [-0.15, -0.1) is 0 Å². The molecule has 0 atom stereocenters. The highest BCUT2D eigenvalue weighted by Gasteiger charge is 1.95. The van der Waals surface area contributed by atoms with E-state index >= 15 is 0 Å². The number of carbonyl (C=O) groups excluding carboxylic acids is 1. The van der Waals surface area contributed by atoms with Crippen molar-refractivity contribution in [2.24, 2.45) is 5.73 Å². The average Bonchev–Trinajstić information content (AvgIpc) is 2.35. The van der Waals surface area contributed by atoms with Crippen LogP contribution in [0.3, 0.4) is 0 Å². The van der Waals surface area contributed by atoms with Gasteiger partial charge in [-0.3, -0.25) is 4.79 Å². The van der Waals surface area contributed by atoms with Gasteiger partial charge in [0.15, 0.2) is 0 Å². The van der Waals surface area contributed by atoms with Crippen LogP contribution in [0.4, 0.5) is 0 Å². The Labute approximate surface area is 106 Å². The second kappa shape index (κ2) is 13.5. The topological polar surface area (TPSA) is 67.2 Å². The fourth-order valence-electron chi connectivity index (χ4n) is 1.60. The van der Waals surface area contributed by atoms with Crippen molar-refractivity contribution in [1.29, 1.82) is 0 Å². The third-order valence-electron chi connectivity index (χ3n) is 2.73. The van der Waals surface area contributed by atoms with Crippen molar-refractivity contribution in [3.63, 3.8) is 0 Å². The molecule has 1 amide bonds. The molecule has 102 valence electrons. The lowest BCUT2D eigenvalue weighted by atomic mass is 10.2. The minimum atomic E-state index is 0.156. The van der Waals surface area contributed by atoms with Crippen LogP contribution >= 0.6 is 0 Å². The number of carbonyl (C=O) groups is 1. The zero-order valence-corrected chi connectivity index (χ0v) is 11.3. The van der Waals surface area contributed by atoms with Gasteiger partial charge in [0, 0.05) is 13.0 Å². The molecule has 0 fully saturated rings. The van der Waals surface area contributed by atoms with E-state index in [0.717, 1.165) is 39.0 Å². The Hall–Kier alpha value is -0.610. The molecular formula is C13H29N3O. The molecule has 17 heavy (non-hydrogen) atoms. The van der Waals surface area contributed by atoms with Crippen LogP contribution in [-0.2, 0) is 4.79 Å². The first kappa shape index (κ1) is 16.4. The second-order valence-corrected chi connectivity index (χ2v) is 4.36. The molecule has 0 aliphatic rings. The predicted molar refractivity (Wildman–Crippen MR) is 72.9 cm³/mol. The summed E-state index contributed by atoms with van der Waals surface area (Å²) in [6.45, 7) is 5.70. The van der Waals surface area contributed by atoms with Crippen LogP contribution in [0.1, 0.15) is 51.9 Å². The van der Waals surface area contributed by atoms with Gasteiger partial charge in [0.2, 0.25) is 5.91 Å². The minimum absolute atomic E-state index is 0.156. The Morgan fingerprint density at radius 1 is 0.941 bits per heavy atom. The number of nitrogens with one attached hydrogen (secondary N) is 2. The third kappa shape index (κ3) is 13.3. The molecule has 4 N–H and O–H groups in total. The van der Waals surface area contributed by atoms with E-state index in [1.165, 1.54) is 25.7 Å². The number of hydrogen-bond acceptors (Lipinski definition) is 3. The van der Waals surface area contributed by atoms with E-state index in [2.05, 4.69) is 10.6 Å². The SMILES string of the molecule is CCC(=O)NCCCCCNCCCCCN. The van der Waals surface area contributed by atoms with Crippen molar-refractivity contribution in [2.75, 3.05) is 26.2 Å². The highest BCUT2D eigenvalue weighted by Crippen LogP contribution is 1.94. The first-order valence-corrected chi connectivity index (χ1v) is 6.98. The van der Waals surface area contributed by atoms with Gasteiger partial charge in [-0.1, -0.05) is 19.8 Å². The van der Waals surface area contributed by atoms with E-state index in [1.54, 1.807) is 0 Å². The average molecular weight is 243 g/mol. The molecule has 0 bridgehead atoms. The molecule has 4 nitrogen and oxygen atoms in total. The van der Waals surface area contributed by atoms with Crippen molar-refractivity contribution in [3.8, 4) is 0 Å². The Morgan fingerprint density at radius 3 is 2.12 bits per heavy atom. The lowest BCUT2D eigenvalue weighted by Gasteiger charge is -2.05. The maximum atomic E-state index is 10.9. The van der Waals surface area contributed by atoms with Crippen LogP contribution < -0.4 is 16.4 Å². The van der Waals surface area contributed by atoms with Gasteiger partial charge in [0.25, 0.3) is 0 Å². The summed E-state index contributed by atoms with van der Waals surface area (Å²) in [6.07, 6.45) is 7.64. The number of amides is 1. The highest BCUT2D eigenvalue weighted by atomic mass is 16.1. The van der Waals surface area contributed by atoms with Gasteiger partial charge in [-0.05, 0) is 45.3 Å². The fourth-order valence-corrected chi connectivity index (χ4v) is 1.60. The van der Waals surface area contributed by atoms with E-state index < -0.39 is 0 Å². The molecule has 0 aromatic heterocycles. The van der Waals surface area contributed by atoms with Gasteiger partial charge in [0.05, 0.1) is 0 Å². The molecule has 0 rings (SSSR count). The second-order valence-electron chi connectivity index (χ2n) is 4.36. The summed E-state index contributed by atoms with van der Waals surface area (Å²) < 4.78 is 0. The van der Waals surface area contributed by atoms with Gasteiger partial charge >= 0.3 is 0 Å². The number of nitrogens with two attached hydrogens (primary N) is 1. The van der Waals surface area contributed by atoms with Crippen LogP contribution in [0.5, 0.6) is 0 Å². The Kier molecular flexibility index (Phi) is 13.0. The largest absolute Gasteiger partial charge is 0.356 e. The van der Waals surface area contributed by atoms with Crippen molar-refractivity contribution < 1.29 is 4.79 Å². The smallest absolute Gasteiger partial charge is 0.219 e. The summed E-state index contributed by atoms with van der Waals surface area (Å²) >= 11 is 0. The number of hydrogen-bond donors (Lipinski definition) is 3. The molecule has 0 aromatic carbocycles. The van der Waals surface area contributed by atoms with E-state index in [4.69, 9.17) is 5.73 Å². The summed E-state index contributed by atoms with van der Waals surface area (Å²) in [5, 5.41) is 6.31. The number of unbranched alkanes of at least 4 members (excludes halogenated alkanes) is 4. The van der Waals surface area contributed by atoms with E-state index in [0.29, 0.717) is 6.42 Å². The zero-order valence-electron chi connectivity index (χ0n) is 11.3. The molecular weight excluding hydrogens is 214 g/mol. The Morgan fingerprint density at radius 2 is 1.53 bits per heavy atom. The molecule has 4 heteroatoms. The van der Waals surface area contributed by atoms with E-state index in [-0.39, 0.29) is 5.91 Å². The lowest BCUT2D eigenvalue weighted by Crippen LogP contribution is -2.23. The summed E-state index contributed by atoms with van der Waals surface area (Å²) in [5.74, 6) is 0.156. The Balaban J connectivity index is 2.96. The van der Waals surface area contributed by atoms with Crippen molar-refractivity contribution >= 4 is 5.91 Å². The van der Waals surface area contributed by atoms with E-state index in [1.807, 2.05) is 6.92 Å². The predicted octanol–water partition coefficient (Wildman–Crippen LogP) is 1.40. The molecule has 0 saturated heterocycles. The molecule has 0 heterocycles. The maximum absolute atomic E-state index is 10.9. The van der Waals surface area contributed by atoms with Crippen molar-refractivity contribution in [3.05, 3.63) is 0 Å². The molecule has 0 aromatic rings. The first-order chi connectivity index (χ1) is 8.31. The third-order valence-corrected chi connectivity index (χ3v) is 2.73. The van der Waals surface area contributed by atoms with E-state index in [9.17, 15) is 4.79 Å². The zero-order chi connectivity index (χ0) is 12.8. The molecule has 0 saturated carbocycles. The lowest BCUT2D eigenvalue weighted by molar-refractivity contribution is -0.120. The first-order valence-electron chi connectivity index (χ1n) is 6.98. The van der Waals surface area contributed by atoms with Crippen LogP contribution in [0, 0.1) is 0 Å². The quantitative estimate of drug-likeness (QED) is 0.454. The van der Waals surface area contributed by atoms with Crippen LogP contribution in [0.2, 0.25) is 0 Å². The van der Waals surface area contributed by atoms with Crippen LogP contribution in [0.25, 0.3) is 0 Å². The van der Waals surface area contributed by atoms with Gasteiger partial charge in [-0.25, -0.2) is 0 Å². The minimum Gasteiger partial charge on any atom is -0.356 e. The van der Waals surface area contributed by atoms with Crippen LogP contribution in [-0.4, -0.2) is 32.1 Å².